The molecule has 138 valence electrons. The summed E-state index contributed by atoms with van der Waals surface area (Å²) in [6, 6.07) is 3.82. The van der Waals surface area contributed by atoms with Gasteiger partial charge in [-0.2, -0.15) is 10.2 Å². The minimum absolute atomic E-state index is 0.669. The third-order valence-electron chi connectivity index (χ3n) is 4.93. The van der Waals surface area contributed by atoms with Crippen molar-refractivity contribution < 1.29 is 5.11 Å². The summed E-state index contributed by atoms with van der Waals surface area (Å²) < 4.78 is 5.76. The summed E-state index contributed by atoms with van der Waals surface area (Å²) in [5, 5.41) is 27.7. The Kier molecular flexibility index (Phi) is 4.56. The van der Waals surface area contributed by atoms with E-state index in [1.54, 1.807) is 17.2 Å². The van der Waals surface area contributed by atoms with Crippen LogP contribution in [0.25, 0.3) is 0 Å². The van der Waals surface area contributed by atoms with E-state index in [-0.39, 0.29) is 0 Å². The normalized spacial score (nSPS) is 16.4. The fraction of sp³-hybridized carbons (Fsp3) is 0.529. The lowest BCUT2D eigenvalue weighted by Gasteiger charge is -2.19. The summed E-state index contributed by atoms with van der Waals surface area (Å²) in [5.74, 6) is 0.982. The van der Waals surface area contributed by atoms with E-state index < -0.39 is 6.10 Å². The van der Waals surface area contributed by atoms with E-state index in [2.05, 4.69) is 36.8 Å². The second-order valence-electron chi connectivity index (χ2n) is 6.66. The number of fused-ring (bicyclic) bond motifs is 1. The standard InChI is InChI=1S/C17H24N8O/c1-3-24-12-18-20-16(24)11-23-7-4-8-25-13(10-23)9-14(21-25)17(26)15-5-6-19-22(15)2/h5-6,9,12,17,26H,3-4,7-8,10-11H2,1-2H3/t17-/m0/s1. The lowest BCUT2D eigenvalue weighted by molar-refractivity contribution is 0.203. The van der Waals surface area contributed by atoms with Gasteiger partial charge in [0.25, 0.3) is 0 Å². The fourth-order valence-corrected chi connectivity index (χ4v) is 3.49. The minimum atomic E-state index is -0.765. The molecule has 1 aliphatic rings. The molecule has 0 radical (unpaired) electrons. The summed E-state index contributed by atoms with van der Waals surface area (Å²) in [6.45, 7) is 6.34. The molecule has 0 unspecified atom stereocenters. The third-order valence-corrected chi connectivity index (χ3v) is 4.93. The van der Waals surface area contributed by atoms with Crippen LogP contribution in [0.15, 0.2) is 24.7 Å². The Labute approximate surface area is 151 Å². The Hall–Kier alpha value is -2.52. The van der Waals surface area contributed by atoms with Gasteiger partial charge in [-0.15, -0.1) is 10.2 Å². The van der Waals surface area contributed by atoms with Crippen molar-refractivity contribution in [3.63, 3.8) is 0 Å². The van der Waals surface area contributed by atoms with Gasteiger partial charge < -0.3 is 9.67 Å². The van der Waals surface area contributed by atoms with E-state index in [0.29, 0.717) is 5.69 Å². The van der Waals surface area contributed by atoms with Crippen LogP contribution in [0.4, 0.5) is 0 Å². The first-order chi connectivity index (χ1) is 12.7. The number of rotatable bonds is 5. The average Bonchev–Trinajstić information content (AvgIpc) is 3.33. The van der Waals surface area contributed by atoms with Crippen molar-refractivity contribution in [3.05, 3.63) is 47.6 Å². The number of aryl methyl sites for hydroxylation is 3. The van der Waals surface area contributed by atoms with E-state index in [9.17, 15) is 5.11 Å². The highest BCUT2D eigenvalue weighted by Crippen LogP contribution is 2.23. The molecule has 1 N–H and O–H groups in total. The average molecular weight is 356 g/mol. The van der Waals surface area contributed by atoms with E-state index in [1.165, 1.54) is 0 Å². The monoisotopic (exact) mass is 356 g/mol. The molecule has 1 aliphatic heterocycles. The Balaban J connectivity index is 1.53. The minimum Gasteiger partial charge on any atom is -0.380 e. The maximum atomic E-state index is 10.7. The summed E-state index contributed by atoms with van der Waals surface area (Å²) >= 11 is 0. The fourth-order valence-electron chi connectivity index (χ4n) is 3.49. The van der Waals surface area contributed by atoms with Gasteiger partial charge in [-0.3, -0.25) is 14.3 Å². The molecular formula is C17H24N8O. The van der Waals surface area contributed by atoms with Gasteiger partial charge >= 0.3 is 0 Å². The third kappa shape index (κ3) is 3.15. The van der Waals surface area contributed by atoms with Gasteiger partial charge in [-0.05, 0) is 25.5 Å². The van der Waals surface area contributed by atoms with Crippen LogP contribution in [0.5, 0.6) is 0 Å². The second-order valence-corrected chi connectivity index (χ2v) is 6.66. The highest BCUT2D eigenvalue weighted by molar-refractivity contribution is 5.21. The van der Waals surface area contributed by atoms with Gasteiger partial charge in [0.15, 0.2) is 0 Å². The van der Waals surface area contributed by atoms with Crippen LogP contribution in [-0.2, 0) is 33.2 Å². The maximum Gasteiger partial charge on any atom is 0.147 e. The Morgan fingerprint density at radius 2 is 2.19 bits per heavy atom. The SMILES string of the molecule is CCn1cnnc1CN1CCCn2nc([C@H](O)c3ccnn3C)cc2C1. The summed E-state index contributed by atoms with van der Waals surface area (Å²) in [7, 11) is 1.82. The summed E-state index contributed by atoms with van der Waals surface area (Å²) in [5.41, 5.74) is 2.52. The second kappa shape index (κ2) is 7.00. The van der Waals surface area contributed by atoms with Crippen molar-refractivity contribution in [2.45, 2.75) is 45.6 Å². The van der Waals surface area contributed by atoms with Crippen molar-refractivity contribution in [3.8, 4) is 0 Å². The molecule has 1 atom stereocenters. The number of hydrogen-bond donors (Lipinski definition) is 1. The van der Waals surface area contributed by atoms with Gasteiger partial charge in [0.05, 0.1) is 23.6 Å². The molecule has 4 heterocycles. The number of nitrogens with zero attached hydrogens (tertiary/aromatic N) is 8. The van der Waals surface area contributed by atoms with Crippen LogP contribution in [0.2, 0.25) is 0 Å². The summed E-state index contributed by atoms with van der Waals surface area (Å²) in [6.07, 6.45) is 3.71. The zero-order valence-electron chi connectivity index (χ0n) is 15.2. The maximum absolute atomic E-state index is 10.7. The van der Waals surface area contributed by atoms with Gasteiger partial charge in [-0.1, -0.05) is 0 Å². The molecule has 0 aromatic carbocycles. The van der Waals surface area contributed by atoms with Crippen LogP contribution < -0.4 is 0 Å². The van der Waals surface area contributed by atoms with Gasteiger partial charge in [0.2, 0.25) is 0 Å². The van der Waals surface area contributed by atoms with Crippen molar-refractivity contribution in [1.82, 2.24) is 39.2 Å². The molecule has 0 saturated carbocycles. The molecule has 3 aromatic heterocycles. The molecular weight excluding hydrogens is 332 g/mol. The van der Waals surface area contributed by atoms with E-state index in [1.807, 2.05) is 23.9 Å². The molecule has 0 amide bonds. The lowest BCUT2D eigenvalue weighted by Crippen LogP contribution is -2.24. The molecule has 0 bridgehead atoms. The molecule has 0 aliphatic carbocycles. The van der Waals surface area contributed by atoms with E-state index >= 15 is 0 Å². The van der Waals surface area contributed by atoms with E-state index in [4.69, 9.17) is 0 Å². The molecule has 3 aromatic rings. The van der Waals surface area contributed by atoms with Crippen LogP contribution in [0.1, 0.15) is 42.4 Å². The topological polar surface area (TPSA) is 89.8 Å². The Bertz CT molecular complexity index is 879. The first-order valence-corrected chi connectivity index (χ1v) is 8.97. The first kappa shape index (κ1) is 16.9. The van der Waals surface area contributed by atoms with Gasteiger partial charge in [-0.25, -0.2) is 0 Å². The van der Waals surface area contributed by atoms with Crippen molar-refractivity contribution in [1.29, 1.82) is 0 Å². The zero-order valence-corrected chi connectivity index (χ0v) is 15.2. The molecule has 9 heteroatoms. The Morgan fingerprint density at radius 1 is 1.31 bits per heavy atom. The highest BCUT2D eigenvalue weighted by atomic mass is 16.3. The van der Waals surface area contributed by atoms with E-state index in [0.717, 1.165) is 56.4 Å². The predicted octanol–water partition coefficient (Wildman–Crippen LogP) is 0.716. The Morgan fingerprint density at radius 3 is 2.96 bits per heavy atom. The zero-order chi connectivity index (χ0) is 18.1. The highest BCUT2D eigenvalue weighted by Gasteiger charge is 2.23. The van der Waals surface area contributed by atoms with Gasteiger partial charge in [0, 0.05) is 39.4 Å². The first-order valence-electron chi connectivity index (χ1n) is 8.97. The van der Waals surface area contributed by atoms with Crippen LogP contribution in [-0.4, -0.2) is 50.9 Å². The molecule has 9 nitrogen and oxygen atoms in total. The van der Waals surface area contributed by atoms with Gasteiger partial charge in [0.1, 0.15) is 18.3 Å². The van der Waals surface area contributed by atoms with Crippen LogP contribution >= 0.6 is 0 Å². The van der Waals surface area contributed by atoms with Crippen molar-refractivity contribution in [2.75, 3.05) is 6.54 Å². The number of aliphatic hydroxyl groups excluding tert-OH is 1. The number of aliphatic hydroxyl groups is 1. The number of hydrogen-bond acceptors (Lipinski definition) is 6. The largest absolute Gasteiger partial charge is 0.380 e. The summed E-state index contributed by atoms with van der Waals surface area (Å²) in [4.78, 5) is 2.36. The molecule has 0 saturated heterocycles. The number of aromatic nitrogens is 7. The predicted molar refractivity (Wildman–Crippen MR) is 93.9 cm³/mol. The smallest absolute Gasteiger partial charge is 0.147 e. The lowest BCUT2D eigenvalue weighted by atomic mass is 10.2. The molecule has 4 rings (SSSR count). The quantitative estimate of drug-likeness (QED) is 0.724. The van der Waals surface area contributed by atoms with Crippen molar-refractivity contribution >= 4 is 0 Å². The molecule has 0 spiro atoms. The van der Waals surface area contributed by atoms with Crippen LogP contribution in [0, 0.1) is 0 Å². The van der Waals surface area contributed by atoms with Crippen molar-refractivity contribution in [2.24, 2.45) is 7.05 Å². The molecule has 0 fully saturated rings. The van der Waals surface area contributed by atoms with Crippen LogP contribution in [0.3, 0.4) is 0 Å². The molecule has 26 heavy (non-hydrogen) atoms.